The third-order valence-electron chi connectivity index (χ3n) is 7.69. The molecular weight excluding hydrogens is 375 g/mol. The van der Waals surface area contributed by atoms with Gasteiger partial charge in [-0.25, -0.2) is 9.37 Å². The number of aromatic nitrogens is 2. The van der Waals surface area contributed by atoms with E-state index < -0.39 is 0 Å². The standard InChI is InChI=1S/C25H35FN4/c1-5-25(23-16-21(26)7-6-18(23)2)10-14-29(15-11-25)22-8-12-30(13-9-22)24-17-27-19(3)20(4)28-24/h6-7,16-17,22H,5,8-15H2,1-4H3. The Balaban J connectivity index is 1.38. The van der Waals surface area contributed by atoms with Crippen molar-refractivity contribution in [3.63, 3.8) is 0 Å². The van der Waals surface area contributed by atoms with Crippen LogP contribution in [0.4, 0.5) is 10.2 Å². The fourth-order valence-corrected chi connectivity index (χ4v) is 5.44. The van der Waals surface area contributed by atoms with Crippen LogP contribution in [0.25, 0.3) is 0 Å². The minimum atomic E-state index is -0.104. The number of rotatable bonds is 4. The lowest BCUT2D eigenvalue weighted by Crippen LogP contribution is -2.51. The van der Waals surface area contributed by atoms with Crippen LogP contribution in [0.2, 0.25) is 0 Å². The first kappa shape index (κ1) is 21.2. The van der Waals surface area contributed by atoms with Gasteiger partial charge < -0.3 is 9.80 Å². The molecule has 4 rings (SSSR count). The first-order valence-corrected chi connectivity index (χ1v) is 11.5. The van der Waals surface area contributed by atoms with Crippen LogP contribution in [-0.4, -0.2) is 47.1 Å². The molecule has 0 N–H and O–H groups in total. The van der Waals surface area contributed by atoms with E-state index in [1.165, 1.54) is 24.0 Å². The van der Waals surface area contributed by atoms with Crippen LogP contribution in [0.15, 0.2) is 24.4 Å². The van der Waals surface area contributed by atoms with Crippen molar-refractivity contribution in [3.8, 4) is 0 Å². The maximum Gasteiger partial charge on any atom is 0.147 e. The Morgan fingerprint density at radius 1 is 1.03 bits per heavy atom. The Bertz CT molecular complexity index is 881. The Hall–Kier alpha value is -2.01. The van der Waals surface area contributed by atoms with Crippen molar-refractivity contribution in [2.75, 3.05) is 31.1 Å². The van der Waals surface area contributed by atoms with E-state index in [1.807, 2.05) is 26.1 Å². The quantitative estimate of drug-likeness (QED) is 0.714. The number of likely N-dealkylation sites (tertiary alicyclic amines) is 1. The largest absolute Gasteiger partial charge is 0.355 e. The molecule has 2 fully saturated rings. The fourth-order valence-electron chi connectivity index (χ4n) is 5.44. The van der Waals surface area contributed by atoms with Crippen molar-refractivity contribution in [1.82, 2.24) is 14.9 Å². The second-order valence-corrected chi connectivity index (χ2v) is 9.25. The second kappa shape index (κ2) is 8.62. The molecule has 0 saturated carbocycles. The van der Waals surface area contributed by atoms with Crippen LogP contribution < -0.4 is 4.90 Å². The van der Waals surface area contributed by atoms with E-state index in [-0.39, 0.29) is 11.2 Å². The van der Waals surface area contributed by atoms with Gasteiger partial charge in [0.05, 0.1) is 17.6 Å². The number of hydrogen-bond acceptors (Lipinski definition) is 4. The molecule has 1 aromatic heterocycles. The Morgan fingerprint density at radius 2 is 1.73 bits per heavy atom. The molecule has 2 saturated heterocycles. The molecule has 162 valence electrons. The van der Waals surface area contributed by atoms with Crippen molar-refractivity contribution in [1.29, 1.82) is 0 Å². The van der Waals surface area contributed by atoms with E-state index in [0.29, 0.717) is 6.04 Å². The van der Waals surface area contributed by atoms with Gasteiger partial charge in [0.2, 0.25) is 0 Å². The number of hydrogen-bond donors (Lipinski definition) is 0. The molecule has 0 amide bonds. The SMILES string of the molecule is CCC1(c2cc(F)ccc2C)CCN(C2CCN(c3cnc(C)c(C)n3)CC2)CC1. The van der Waals surface area contributed by atoms with Crippen LogP contribution in [0.5, 0.6) is 0 Å². The first-order chi connectivity index (χ1) is 14.4. The number of aryl methyl sites for hydroxylation is 3. The fraction of sp³-hybridized carbons (Fsp3) is 0.600. The second-order valence-electron chi connectivity index (χ2n) is 9.25. The minimum Gasteiger partial charge on any atom is -0.355 e. The summed E-state index contributed by atoms with van der Waals surface area (Å²) in [5.74, 6) is 0.912. The van der Waals surface area contributed by atoms with Gasteiger partial charge in [0.15, 0.2) is 0 Å². The van der Waals surface area contributed by atoms with Crippen molar-refractivity contribution >= 4 is 5.82 Å². The van der Waals surface area contributed by atoms with Gasteiger partial charge in [-0.3, -0.25) is 4.98 Å². The molecule has 0 unspecified atom stereocenters. The number of halogens is 1. The lowest BCUT2D eigenvalue weighted by atomic mass is 9.69. The Kier molecular flexibility index (Phi) is 6.10. The summed E-state index contributed by atoms with van der Waals surface area (Å²) >= 11 is 0. The highest BCUT2D eigenvalue weighted by Crippen LogP contribution is 2.41. The molecule has 4 nitrogen and oxygen atoms in total. The van der Waals surface area contributed by atoms with E-state index in [9.17, 15) is 4.39 Å². The maximum atomic E-state index is 14.0. The predicted octanol–water partition coefficient (Wildman–Crippen LogP) is 4.95. The van der Waals surface area contributed by atoms with Gasteiger partial charge in [-0.05, 0) is 94.6 Å². The zero-order chi connectivity index (χ0) is 21.3. The van der Waals surface area contributed by atoms with Gasteiger partial charge in [0.1, 0.15) is 11.6 Å². The number of piperidine rings is 2. The summed E-state index contributed by atoms with van der Waals surface area (Å²) in [4.78, 5) is 14.3. The average molecular weight is 411 g/mol. The summed E-state index contributed by atoms with van der Waals surface area (Å²) < 4.78 is 14.0. The van der Waals surface area contributed by atoms with E-state index in [0.717, 1.165) is 62.6 Å². The molecule has 2 aromatic rings. The Morgan fingerprint density at radius 3 is 2.37 bits per heavy atom. The van der Waals surface area contributed by atoms with Crippen LogP contribution in [-0.2, 0) is 5.41 Å². The Labute approximate surface area is 180 Å². The highest BCUT2D eigenvalue weighted by molar-refractivity contribution is 5.38. The third-order valence-corrected chi connectivity index (χ3v) is 7.69. The van der Waals surface area contributed by atoms with Crippen molar-refractivity contribution in [3.05, 3.63) is 52.7 Å². The van der Waals surface area contributed by atoms with E-state index in [4.69, 9.17) is 4.98 Å². The number of benzene rings is 1. The average Bonchev–Trinajstić information content (AvgIpc) is 2.77. The molecule has 1 aromatic carbocycles. The lowest BCUT2D eigenvalue weighted by Gasteiger charge is -2.47. The van der Waals surface area contributed by atoms with Gasteiger partial charge in [-0.1, -0.05) is 13.0 Å². The van der Waals surface area contributed by atoms with Gasteiger partial charge in [0.25, 0.3) is 0 Å². The van der Waals surface area contributed by atoms with Crippen molar-refractivity contribution in [2.24, 2.45) is 0 Å². The van der Waals surface area contributed by atoms with Gasteiger partial charge >= 0.3 is 0 Å². The van der Waals surface area contributed by atoms with Crippen molar-refractivity contribution in [2.45, 2.75) is 71.3 Å². The molecule has 3 heterocycles. The van der Waals surface area contributed by atoms with Crippen LogP contribution in [0.1, 0.15) is 61.5 Å². The topological polar surface area (TPSA) is 32.3 Å². The molecule has 0 atom stereocenters. The first-order valence-electron chi connectivity index (χ1n) is 11.5. The molecule has 5 heteroatoms. The molecule has 0 radical (unpaired) electrons. The molecule has 0 aliphatic carbocycles. The molecule has 0 bridgehead atoms. The lowest BCUT2D eigenvalue weighted by molar-refractivity contribution is 0.0972. The van der Waals surface area contributed by atoms with Gasteiger partial charge in [-0.2, -0.15) is 0 Å². The zero-order valence-corrected chi connectivity index (χ0v) is 18.9. The predicted molar refractivity (Wildman–Crippen MR) is 121 cm³/mol. The number of nitrogens with zero attached hydrogens (tertiary/aromatic N) is 4. The van der Waals surface area contributed by atoms with Crippen molar-refractivity contribution < 1.29 is 4.39 Å². The summed E-state index contributed by atoms with van der Waals surface area (Å²) in [6.45, 7) is 12.7. The highest BCUT2D eigenvalue weighted by Gasteiger charge is 2.38. The zero-order valence-electron chi connectivity index (χ0n) is 18.9. The third kappa shape index (κ3) is 4.09. The van der Waals surface area contributed by atoms with E-state index >= 15 is 0 Å². The molecule has 2 aliphatic heterocycles. The summed E-state index contributed by atoms with van der Waals surface area (Å²) in [6, 6.07) is 5.96. The van der Waals surface area contributed by atoms with Crippen LogP contribution in [0, 0.1) is 26.6 Å². The molecule has 2 aliphatic rings. The summed E-state index contributed by atoms with van der Waals surface area (Å²) in [5.41, 5.74) is 4.62. The summed E-state index contributed by atoms with van der Waals surface area (Å²) in [5, 5.41) is 0. The smallest absolute Gasteiger partial charge is 0.147 e. The van der Waals surface area contributed by atoms with E-state index in [1.54, 1.807) is 12.1 Å². The summed E-state index contributed by atoms with van der Waals surface area (Å²) in [7, 11) is 0. The molecular formula is C25H35FN4. The summed E-state index contributed by atoms with van der Waals surface area (Å²) in [6.07, 6.45) is 7.59. The maximum absolute atomic E-state index is 14.0. The van der Waals surface area contributed by atoms with Crippen LogP contribution >= 0.6 is 0 Å². The monoisotopic (exact) mass is 410 g/mol. The number of anilines is 1. The molecule has 0 spiro atoms. The van der Waals surface area contributed by atoms with Gasteiger partial charge in [0, 0.05) is 19.1 Å². The van der Waals surface area contributed by atoms with E-state index in [2.05, 4.69) is 28.6 Å². The minimum absolute atomic E-state index is 0.104. The normalized spacial score (nSPS) is 20.5. The highest BCUT2D eigenvalue weighted by atomic mass is 19.1. The van der Waals surface area contributed by atoms with Gasteiger partial charge in [-0.15, -0.1) is 0 Å². The molecule has 30 heavy (non-hydrogen) atoms. The van der Waals surface area contributed by atoms with Crippen LogP contribution in [0.3, 0.4) is 0 Å².